The molecule has 2 nitrogen and oxygen atoms in total. The number of hydrogen-bond acceptors (Lipinski definition) is 2. The Morgan fingerprint density at radius 1 is 1.50 bits per heavy atom. The van der Waals surface area contributed by atoms with Gasteiger partial charge in [-0.3, -0.25) is 5.32 Å². The predicted octanol–water partition coefficient (Wildman–Crippen LogP) is 0.483. The highest BCUT2D eigenvalue weighted by Gasteiger charge is 2.42. The lowest BCUT2D eigenvalue weighted by Gasteiger charge is -2.14. The van der Waals surface area contributed by atoms with Crippen LogP contribution in [0.4, 0.5) is 0 Å². The minimum Gasteiger partial charge on any atom is -0.353 e. The molecule has 2 fully saturated rings. The van der Waals surface area contributed by atoms with E-state index < -0.39 is 0 Å². The summed E-state index contributed by atoms with van der Waals surface area (Å²) in [5, 5.41) is 3.33. The summed E-state index contributed by atoms with van der Waals surface area (Å²) < 4.78 is 5.24. The van der Waals surface area contributed by atoms with E-state index in [-0.39, 0.29) is 0 Å². The summed E-state index contributed by atoms with van der Waals surface area (Å²) in [5.74, 6) is 0. The Morgan fingerprint density at radius 2 is 2.38 bits per heavy atom. The summed E-state index contributed by atoms with van der Waals surface area (Å²) in [7, 11) is 0. The standard InChI is InChI=1S/C6H11NO/c1-4-2-3-5-6(7-4)8-5/h4-7H,2-3H2,1H3. The second-order valence-corrected chi connectivity index (χ2v) is 2.74. The molecule has 0 spiro atoms. The fourth-order valence-electron chi connectivity index (χ4n) is 1.29. The van der Waals surface area contributed by atoms with Crippen molar-refractivity contribution >= 4 is 0 Å². The fourth-order valence-corrected chi connectivity index (χ4v) is 1.29. The second-order valence-electron chi connectivity index (χ2n) is 2.74. The van der Waals surface area contributed by atoms with Gasteiger partial charge >= 0.3 is 0 Å². The Hall–Kier alpha value is -0.0800. The van der Waals surface area contributed by atoms with Gasteiger partial charge in [-0.15, -0.1) is 0 Å². The number of piperidine rings is 1. The normalized spacial score (nSPS) is 52.9. The van der Waals surface area contributed by atoms with E-state index in [9.17, 15) is 0 Å². The van der Waals surface area contributed by atoms with Gasteiger partial charge < -0.3 is 4.74 Å². The molecule has 3 unspecified atom stereocenters. The van der Waals surface area contributed by atoms with E-state index in [4.69, 9.17) is 4.74 Å². The molecule has 2 aliphatic heterocycles. The average molecular weight is 113 g/mol. The smallest absolute Gasteiger partial charge is 0.135 e. The van der Waals surface area contributed by atoms with Crippen LogP contribution in [0.5, 0.6) is 0 Å². The number of rotatable bonds is 0. The lowest BCUT2D eigenvalue weighted by Crippen LogP contribution is -2.34. The SMILES string of the molecule is CC1CCC2OC2N1. The summed E-state index contributed by atoms with van der Waals surface area (Å²) in [5.41, 5.74) is 0. The Morgan fingerprint density at radius 3 is 3.00 bits per heavy atom. The molecule has 0 aliphatic carbocycles. The number of ether oxygens (including phenoxy) is 1. The Labute approximate surface area is 49.2 Å². The third-order valence-electron chi connectivity index (χ3n) is 1.92. The number of epoxide rings is 1. The van der Waals surface area contributed by atoms with Gasteiger partial charge in [-0.25, -0.2) is 0 Å². The van der Waals surface area contributed by atoms with E-state index in [2.05, 4.69) is 12.2 Å². The largest absolute Gasteiger partial charge is 0.353 e. The minimum atomic E-state index is 0.429. The van der Waals surface area contributed by atoms with Gasteiger partial charge in [0.25, 0.3) is 0 Å². The van der Waals surface area contributed by atoms with Crippen LogP contribution in [0.25, 0.3) is 0 Å². The van der Waals surface area contributed by atoms with Crippen molar-refractivity contribution in [1.82, 2.24) is 5.32 Å². The highest BCUT2D eigenvalue weighted by atomic mass is 16.6. The van der Waals surface area contributed by atoms with Gasteiger partial charge in [0.05, 0.1) is 6.10 Å². The highest BCUT2D eigenvalue weighted by molar-refractivity contribution is 4.89. The van der Waals surface area contributed by atoms with E-state index in [0.717, 1.165) is 0 Å². The van der Waals surface area contributed by atoms with Gasteiger partial charge in [-0.05, 0) is 19.8 Å². The maximum atomic E-state index is 5.24. The Kier molecular flexibility index (Phi) is 0.866. The summed E-state index contributed by atoms with van der Waals surface area (Å²) in [6.07, 6.45) is 3.55. The molecule has 0 bridgehead atoms. The van der Waals surface area contributed by atoms with Gasteiger partial charge in [0.15, 0.2) is 0 Å². The van der Waals surface area contributed by atoms with Crippen LogP contribution < -0.4 is 5.32 Å². The number of nitrogens with one attached hydrogen (secondary N) is 1. The van der Waals surface area contributed by atoms with Crippen molar-refractivity contribution in [3.05, 3.63) is 0 Å². The van der Waals surface area contributed by atoms with Crippen LogP contribution in [0.1, 0.15) is 19.8 Å². The molecule has 0 aromatic rings. The fraction of sp³-hybridized carbons (Fsp3) is 1.00. The molecular formula is C6H11NO. The van der Waals surface area contributed by atoms with E-state index in [1.54, 1.807) is 0 Å². The molecule has 1 N–H and O–H groups in total. The van der Waals surface area contributed by atoms with Crippen LogP contribution in [-0.4, -0.2) is 18.4 Å². The van der Waals surface area contributed by atoms with Crippen LogP contribution in [-0.2, 0) is 4.74 Å². The number of hydrogen-bond donors (Lipinski definition) is 1. The van der Waals surface area contributed by atoms with Crippen LogP contribution >= 0.6 is 0 Å². The molecule has 0 radical (unpaired) electrons. The maximum absolute atomic E-state index is 5.24. The first-order valence-corrected chi connectivity index (χ1v) is 3.28. The average Bonchev–Trinajstić information content (AvgIpc) is 2.43. The molecule has 3 atom stereocenters. The third-order valence-corrected chi connectivity index (χ3v) is 1.92. The van der Waals surface area contributed by atoms with Gasteiger partial charge in [0, 0.05) is 6.04 Å². The van der Waals surface area contributed by atoms with Gasteiger partial charge in [-0.1, -0.05) is 0 Å². The quantitative estimate of drug-likeness (QED) is 0.462. The lowest BCUT2D eigenvalue weighted by atomic mass is 10.1. The zero-order chi connectivity index (χ0) is 5.56. The zero-order valence-electron chi connectivity index (χ0n) is 5.05. The van der Waals surface area contributed by atoms with Crippen LogP contribution in [0.15, 0.2) is 0 Å². The molecule has 0 saturated carbocycles. The van der Waals surface area contributed by atoms with Crippen molar-refractivity contribution in [3.63, 3.8) is 0 Å². The van der Waals surface area contributed by atoms with Crippen molar-refractivity contribution < 1.29 is 4.74 Å². The zero-order valence-corrected chi connectivity index (χ0v) is 5.05. The molecule has 2 heteroatoms. The first-order valence-electron chi connectivity index (χ1n) is 3.28. The third kappa shape index (κ3) is 0.644. The molecule has 2 heterocycles. The second kappa shape index (κ2) is 1.45. The van der Waals surface area contributed by atoms with E-state index >= 15 is 0 Å². The summed E-state index contributed by atoms with van der Waals surface area (Å²) >= 11 is 0. The summed E-state index contributed by atoms with van der Waals surface area (Å²) in [6, 6.07) is 0.679. The summed E-state index contributed by atoms with van der Waals surface area (Å²) in [4.78, 5) is 0. The van der Waals surface area contributed by atoms with Crippen molar-refractivity contribution in [2.45, 2.75) is 38.1 Å². The van der Waals surface area contributed by atoms with E-state index in [1.807, 2.05) is 0 Å². The van der Waals surface area contributed by atoms with Crippen molar-refractivity contribution in [3.8, 4) is 0 Å². The molecular weight excluding hydrogens is 102 g/mol. The van der Waals surface area contributed by atoms with Crippen LogP contribution in [0.3, 0.4) is 0 Å². The topological polar surface area (TPSA) is 24.6 Å². The van der Waals surface area contributed by atoms with E-state index in [0.29, 0.717) is 18.4 Å². The molecule has 8 heavy (non-hydrogen) atoms. The predicted molar refractivity (Wildman–Crippen MR) is 30.5 cm³/mol. The maximum Gasteiger partial charge on any atom is 0.135 e. The molecule has 46 valence electrons. The van der Waals surface area contributed by atoms with Crippen molar-refractivity contribution in [1.29, 1.82) is 0 Å². The monoisotopic (exact) mass is 113 g/mol. The molecule has 0 aromatic carbocycles. The van der Waals surface area contributed by atoms with E-state index in [1.165, 1.54) is 12.8 Å². The Bertz CT molecular complexity index is 105. The first kappa shape index (κ1) is 4.77. The molecule has 0 aromatic heterocycles. The highest BCUT2D eigenvalue weighted by Crippen LogP contribution is 2.29. The van der Waals surface area contributed by atoms with Crippen molar-refractivity contribution in [2.24, 2.45) is 0 Å². The molecule has 2 rings (SSSR count). The van der Waals surface area contributed by atoms with Crippen LogP contribution in [0, 0.1) is 0 Å². The number of fused-ring (bicyclic) bond motifs is 1. The lowest BCUT2D eigenvalue weighted by molar-refractivity contribution is 0.351. The Balaban J connectivity index is 1.93. The van der Waals surface area contributed by atoms with Gasteiger partial charge in [0.1, 0.15) is 6.23 Å². The van der Waals surface area contributed by atoms with Crippen molar-refractivity contribution in [2.75, 3.05) is 0 Å². The molecule has 0 amide bonds. The van der Waals surface area contributed by atoms with Gasteiger partial charge in [0.2, 0.25) is 0 Å². The molecule has 2 aliphatic rings. The molecule has 2 saturated heterocycles. The van der Waals surface area contributed by atoms with Gasteiger partial charge in [-0.2, -0.15) is 0 Å². The van der Waals surface area contributed by atoms with Crippen LogP contribution in [0.2, 0.25) is 0 Å². The summed E-state index contributed by atoms with van der Waals surface area (Å²) in [6.45, 7) is 2.21. The first-order chi connectivity index (χ1) is 3.86. The minimum absolute atomic E-state index is 0.429.